The highest BCUT2D eigenvalue weighted by Crippen LogP contribution is 2.53. The molecule has 6 fully saturated rings. The van der Waals surface area contributed by atoms with Crippen LogP contribution in [0.1, 0.15) is 420 Å². The van der Waals surface area contributed by atoms with E-state index in [2.05, 4.69) is 0 Å². The lowest BCUT2D eigenvalue weighted by molar-refractivity contribution is -0.0259. The zero-order valence-corrected chi connectivity index (χ0v) is 79.7. The van der Waals surface area contributed by atoms with Crippen LogP contribution in [0.2, 0.25) is 0 Å². The second-order valence-corrected chi connectivity index (χ2v) is 35.1. The Morgan fingerprint density at radius 3 is 0.592 bits per heavy atom. The van der Waals surface area contributed by atoms with E-state index in [-0.39, 0.29) is 147 Å². The lowest BCUT2D eigenvalue weighted by atomic mass is 9.75. The van der Waals surface area contributed by atoms with Gasteiger partial charge in [0.1, 0.15) is 0 Å². The van der Waals surface area contributed by atoms with E-state index >= 15 is 0 Å². The molecule has 0 saturated carbocycles. The smallest absolute Gasteiger partial charge is 0.161 e. The summed E-state index contributed by atoms with van der Waals surface area (Å²) < 4.78 is 848. The Bertz CT molecular complexity index is 9610. The van der Waals surface area contributed by atoms with E-state index in [4.69, 9.17) is 179 Å². The molecule has 6 aromatic rings. The molecule has 6 saturated heterocycles. The molecule has 6 aromatic carbocycles. The fraction of sp³-hybridized carbons (Fsp3) is 0.695. The van der Waals surface area contributed by atoms with E-state index in [1.807, 2.05) is 0 Å². The Labute approximate surface area is 986 Å². The average molecular weight is 2070 g/mol. The van der Waals surface area contributed by atoms with E-state index in [0.717, 1.165) is 59.4 Å². The molecule has 0 aliphatic carbocycles. The van der Waals surface area contributed by atoms with Crippen molar-refractivity contribution < 1.29 is 218 Å². The van der Waals surface area contributed by atoms with Gasteiger partial charge in [0.2, 0.25) is 0 Å². The minimum absolute atomic E-state index is 0.00465. The van der Waals surface area contributed by atoms with E-state index in [0.29, 0.717) is 54.0 Å². The number of nitrogens with zero attached hydrogens (tertiary/aromatic N) is 6. The van der Waals surface area contributed by atoms with Crippen LogP contribution in [0.4, 0.5) is 0 Å². The summed E-state index contributed by atoms with van der Waals surface area (Å²) in [7, 11) is -15.2. The molecular weight excluding hydrogens is 1790 g/mol. The van der Waals surface area contributed by atoms with Gasteiger partial charge >= 0.3 is 0 Å². The maximum Gasteiger partial charge on any atom is 0.161 e. The Morgan fingerprint density at radius 1 is 0.275 bits per heavy atom. The molecular formula is C118H182N6O18. The number of hydrogen-bond acceptors (Lipinski definition) is 24. The maximum absolute atomic E-state index is 11.6. The fourth-order valence-corrected chi connectivity index (χ4v) is 16.7. The van der Waals surface area contributed by atoms with Gasteiger partial charge in [-0.2, -0.15) is 0 Å². The predicted octanol–water partition coefficient (Wildman–Crippen LogP) is 19.7. The van der Waals surface area contributed by atoms with Crippen LogP contribution >= 0.6 is 0 Å². The van der Waals surface area contributed by atoms with E-state index in [9.17, 15) is 38.9 Å². The highest BCUT2D eigenvalue weighted by molar-refractivity contribution is 5.55. The molecule has 0 aromatic heterocycles. The molecule has 18 atom stereocenters. The Morgan fingerprint density at radius 2 is 0.430 bits per heavy atom. The molecule has 18 unspecified atom stereocenters. The van der Waals surface area contributed by atoms with Gasteiger partial charge in [-0.1, -0.05) is 110 Å². The summed E-state index contributed by atoms with van der Waals surface area (Å²) in [5.74, 6) is -27.1. The van der Waals surface area contributed by atoms with Crippen LogP contribution < -0.4 is 56.8 Å². The number of aliphatic hydroxyl groups is 6. The normalized spacial score (nSPS) is 52.6. The van der Waals surface area contributed by atoms with Gasteiger partial charge in [0, 0.05) is 199 Å². The minimum Gasteiger partial charge on any atom is -0.493 e. The number of rotatable bonds is 20. The van der Waals surface area contributed by atoms with Gasteiger partial charge in [0.25, 0.3) is 0 Å². The first-order chi connectivity index (χ1) is 104. The summed E-state index contributed by atoms with van der Waals surface area (Å²) in [5.41, 5.74) is -16.2. The highest BCUT2D eigenvalue weighted by atomic mass is 16.5. The van der Waals surface area contributed by atoms with Gasteiger partial charge in [-0.15, -0.1) is 0 Å². The van der Waals surface area contributed by atoms with Crippen molar-refractivity contribution in [3.05, 3.63) is 140 Å². The molecule has 0 radical (unpaired) electrons. The largest absolute Gasteiger partial charge is 0.493 e. The zero-order chi connectivity index (χ0) is 186. The maximum atomic E-state index is 11.6. The van der Waals surface area contributed by atoms with Crippen molar-refractivity contribution in [1.82, 2.24) is 29.4 Å². The van der Waals surface area contributed by atoms with Gasteiger partial charge in [-0.05, 0) is 324 Å². The highest BCUT2D eigenvalue weighted by Gasteiger charge is 2.48. The predicted molar refractivity (Wildman–Crippen MR) is 565 cm³/mol. The Balaban J connectivity index is 0.000000225. The number of fused-ring (bicyclic) bond motifs is 18. The van der Waals surface area contributed by atoms with Crippen LogP contribution in [0.3, 0.4) is 0 Å². The molecule has 24 nitrogen and oxygen atoms in total. The summed E-state index contributed by atoms with van der Waals surface area (Å²) in [6.07, 6.45) is -64.5. The van der Waals surface area contributed by atoms with Gasteiger partial charge in [-0.25, -0.2) is 0 Å². The SMILES string of the molecule is [2H]C([2H])([2H])C(C)(C([2H])([2H])[2H])C([2H])([2H])C1([2H])C([2H])([2H])N2CCc3cc(OC)c(OC)cc3C2([2H])C([2H])([2H])C1([2H])O.[2H]C([2H])([2H])Oc1cc2c(cc1OC([2H])([2H])[2H])C1([2H])N(CC2)C([2H])([2H])C([2H])(C([2H])([2H])C(C)(C([2H])([2H])[2H])C([2H])([2H])[2H])C([2H])(O)C1([2H])[2H].[2H]C([2H])([2H])Oc1cc2c(cc1OC([2H])([2H])[2H])C1([2H])N(CC2)C([2H])([2H])C([2H])(CC(C)C)C([2H])(O)C1([2H])[2H].[2H]C([2H])([2H])Oc1cc2c(cc1OC)C1([2H])N(CC2)C([2H])([2H])C([2H])(C([2H])([2H])C(C)(C([2H])([2H])[2H])C([2H])([2H])[2H])C([2H])(O)C1([2H])[2H].[2H]C([2H])([2H])Oc1cc2c(cc1OC)C1([2H])N(CC2)C([2H])([2H])C([2H])(CC(C)C)C([2H])(O)C1([2H])[2H].[2H]C([2H])([2H])Oc1cc2c(cc1OC)CCN1C([2H])([2H])C([2H])(C([2H])([2H])C(C)(C([2H])([2H])[2H])C([2H])([2H])[2H])C([2H])(O)C([2H])([2H])C21[2H]. The molecule has 6 N–H and O–H groups in total. The standard InChI is InChI=1S/4C20H31NO3.2C19H29NO3/c4*1-20(2,3)11-14-12-21-7-6-13-8-18(23-4)19(24-5)9-15(13)16(21)10-17(14)22;2*1-12(2)7-14-11-20-6-5-13-8-18(22-3)19(23-4)9-15(13)16(20)10-17(14)21/h4*8-9,14,16-17,22H,6-7,10-12H2,1-5H3;2*8-9,12,14,16-17,21H,5-7,10-11H2,1-4H3/i1D3,2D3,4D3,5D3,10D2,11D2,12D2,14D,16D,17D;1D3,2D3,5D3,10D2,11D2,12D2,14D,16D,17D;1D3,2D3,4D3,10D2,11D2,12D2,14D,16D,17D;1D3,2D3,10D2,11D2,12D2,14D,16D,17D;3D3,4D3,10D2,11D2,14D,16D,17D;3D3,10D2,11D2,14D,16D,17D. The number of piperidine rings is 6. The van der Waals surface area contributed by atoms with Gasteiger partial charge in [0.05, 0.1) is 167 Å². The van der Waals surface area contributed by atoms with Crippen LogP contribution in [0.5, 0.6) is 69.0 Å². The van der Waals surface area contributed by atoms with Crippen molar-refractivity contribution in [2.45, 2.75) is 298 Å². The van der Waals surface area contributed by atoms with E-state index in [1.54, 1.807) is 27.7 Å². The fourth-order valence-electron chi connectivity index (χ4n) is 16.7. The molecule has 0 bridgehead atoms. The quantitative estimate of drug-likeness (QED) is 0.0415. The van der Waals surface area contributed by atoms with Crippen molar-refractivity contribution in [1.29, 1.82) is 0 Å². The Kier molecular flexibility index (Phi) is 13.9. The molecule has 24 heteroatoms. The lowest BCUT2D eigenvalue weighted by Gasteiger charge is -2.47. The van der Waals surface area contributed by atoms with Gasteiger partial charge in [-0.3, -0.25) is 29.4 Å². The number of benzene rings is 6. The topological polar surface area (TPSA) is 252 Å². The van der Waals surface area contributed by atoms with Crippen LogP contribution in [0.25, 0.3) is 0 Å². The van der Waals surface area contributed by atoms with Crippen LogP contribution in [-0.4, -0.2) is 260 Å². The van der Waals surface area contributed by atoms with E-state index in [1.165, 1.54) is 52.7 Å². The first-order valence-electron chi connectivity index (χ1n) is 91.7. The molecule has 12 heterocycles. The third kappa shape index (κ3) is 27.1. The summed E-state index contributed by atoms with van der Waals surface area (Å²) in [5, 5.41) is 68.5. The molecule has 792 valence electrons. The van der Waals surface area contributed by atoms with Gasteiger partial charge in [0.15, 0.2) is 69.0 Å². The van der Waals surface area contributed by atoms with Crippen molar-refractivity contribution in [2.24, 2.45) is 68.9 Å². The minimum atomic E-state index is -4.46. The van der Waals surface area contributed by atoms with Crippen molar-refractivity contribution in [3.8, 4) is 69.0 Å². The number of ether oxygens (including phenoxy) is 12. The molecule has 12 aliphatic heterocycles. The van der Waals surface area contributed by atoms with Crippen LogP contribution in [0, 0.1) is 68.9 Å². The second kappa shape index (κ2) is 48.2. The van der Waals surface area contributed by atoms with Crippen LogP contribution in [0.15, 0.2) is 72.8 Å². The molecule has 0 amide bonds. The molecule has 0 spiro atoms. The summed E-state index contributed by atoms with van der Waals surface area (Å²) in [6.45, 7) is -46.1. The molecule has 18 rings (SSSR count). The third-order valence-electron chi connectivity index (χ3n) is 22.9. The zero-order valence-electron chi connectivity index (χ0n) is 175. The summed E-state index contributed by atoms with van der Waals surface area (Å²) in [4.78, 5) is 3.00. The van der Waals surface area contributed by atoms with Crippen LogP contribution in [-0.2, 0) is 38.5 Å². The lowest BCUT2D eigenvalue weighted by Crippen LogP contribution is -2.48. The number of methoxy groups -OCH3 is 12. The second-order valence-electron chi connectivity index (χ2n) is 35.1. The first-order valence-corrected chi connectivity index (χ1v) is 44.2. The van der Waals surface area contributed by atoms with Crippen molar-refractivity contribution >= 4 is 0 Å². The summed E-state index contributed by atoms with van der Waals surface area (Å²) in [6, 6.07) is -5.49. The molecule has 142 heavy (non-hydrogen) atoms. The summed E-state index contributed by atoms with van der Waals surface area (Å²) >= 11 is 0. The van der Waals surface area contributed by atoms with Gasteiger partial charge < -0.3 is 87.5 Å². The third-order valence-corrected chi connectivity index (χ3v) is 22.9. The molecule has 12 aliphatic rings. The monoisotopic (exact) mass is 2070 g/mol. The number of hydrogen-bond donors (Lipinski definition) is 6. The Hall–Kier alpha value is -7.56. The average Bonchev–Trinajstić information content (AvgIpc) is 0.640. The van der Waals surface area contributed by atoms with Crippen molar-refractivity contribution in [2.75, 3.05) is 163 Å². The van der Waals surface area contributed by atoms with Crippen molar-refractivity contribution in [3.63, 3.8) is 0 Å². The first kappa shape index (κ1) is 41.1. The van der Waals surface area contributed by atoms with E-state index < -0.39 is 427 Å².